The summed E-state index contributed by atoms with van der Waals surface area (Å²) in [7, 11) is 0. The van der Waals surface area contributed by atoms with Gasteiger partial charge in [0.1, 0.15) is 5.76 Å². The molecule has 0 aromatic carbocycles. The van der Waals surface area contributed by atoms with E-state index >= 15 is 0 Å². The third-order valence-electron chi connectivity index (χ3n) is 2.55. The van der Waals surface area contributed by atoms with Gasteiger partial charge >= 0.3 is 0 Å². The maximum Gasteiger partial charge on any atom is 0.203 e. The van der Waals surface area contributed by atoms with Gasteiger partial charge in [0.2, 0.25) is 11.5 Å². The molecule has 0 saturated carbocycles. The van der Waals surface area contributed by atoms with Gasteiger partial charge in [0, 0.05) is 12.8 Å². The molecule has 1 heterocycles. The van der Waals surface area contributed by atoms with Crippen molar-refractivity contribution < 1.29 is 23.7 Å². The molecular formula is C11H16O5. The predicted octanol–water partition coefficient (Wildman–Crippen LogP) is 1.54. The molecule has 0 fully saturated rings. The Morgan fingerprint density at radius 2 is 1.69 bits per heavy atom. The Bertz CT molecular complexity index is 318. The number of allylic oxidation sites excluding steroid dienone is 2. The highest BCUT2D eigenvalue weighted by Crippen LogP contribution is 2.37. The first-order valence-corrected chi connectivity index (χ1v) is 5.26. The Morgan fingerprint density at radius 1 is 1.00 bits per heavy atom. The van der Waals surface area contributed by atoms with Crippen LogP contribution in [-0.4, -0.2) is 26.2 Å². The highest BCUT2D eigenvalue weighted by Gasteiger charge is 2.35. The summed E-state index contributed by atoms with van der Waals surface area (Å²) < 4.78 is 20.7. The zero-order chi connectivity index (χ0) is 11.6. The van der Waals surface area contributed by atoms with Crippen LogP contribution in [0.3, 0.4) is 0 Å². The van der Waals surface area contributed by atoms with Crippen molar-refractivity contribution in [3.8, 4) is 0 Å². The minimum absolute atomic E-state index is 0.0222. The molecule has 5 heteroatoms. The minimum Gasteiger partial charge on any atom is -0.468 e. The molecule has 1 aliphatic carbocycles. The molecule has 0 amide bonds. The second-order valence-corrected chi connectivity index (χ2v) is 4.74. The highest BCUT2D eigenvalue weighted by atomic mass is 16.8. The lowest BCUT2D eigenvalue weighted by molar-refractivity contribution is -0.143. The summed E-state index contributed by atoms with van der Waals surface area (Å²) in [5.41, 5.74) is -0.0891. The third-order valence-corrected chi connectivity index (χ3v) is 2.55. The highest BCUT2D eigenvalue weighted by molar-refractivity contribution is 5.95. The van der Waals surface area contributed by atoms with Gasteiger partial charge in [-0.25, -0.2) is 0 Å². The van der Waals surface area contributed by atoms with Crippen molar-refractivity contribution in [1.29, 1.82) is 0 Å². The van der Waals surface area contributed by atoms with Gasteiger partial charge in [-0.2, -0.15) is 0 Å². The Kier molecular flexibility index (Phi) is 3.16. The van der Waals surface area contributed by atoms with Gasteiger partial charge in [-0.3, -0.25) is 4.79 Å². The molecule has 0 atom stereocenters. The third kappa shape index (κ3) is 2.54. The van der Waals surface area contributed by atoms with Gasteiger partial charge in [-0.15, -0.1) is 0 Å². The van der Waals surface area contributed by atoms with Crippen LogP contribution in [0.25, 0.3) is 0 Å². The molecule has 0 radical (unpaired) electrons. The summed E-state index contributed by atoms with van der Waals surface area (Å²) in [4.78, 5) is 11.9. The molecular weight excluding hydrogens is 212 g/mol. The predicted molar refractivity (Wildman–Crippen MR) is 54.0 cm³/mol. The number of ketones is 1. The molecule has 0 saturated heterocycles. The van der Waals surface area contributed by atoms with Crippen LogP contribution in [0.1, 0.15) is 26.7 Å². The fourth-order valence-electron chi connectivity index (χ4n) is 1.87. The van der Waals surface area contributed by atoms with Gasteiger partial charge in [-0.05, 0) is 5.41 Å². The Hall–Kier alpha value is -1.07. The van der Waals surface area contributed by atoms with E-state index in [4.69, 9.17) is 18.9 Å². The molecule has 2 rings (SSSR count). The second-order valence-electron chi connectivity index (χ2n) is 4.74. The largest absolute Gasteiger partial charge is 0.468 e. The Morgan fingerprint density at radius 3 is 2.44 bits per heavy atom. The number of hydrogen-bond acceptors (Lipinski definition) is 5. The quantitative estimate of drug-likeness (QED) is 0.629. The monoisotopic (exact) mass is 228 g/mol. The second kappa shape index (κ2) is 4.43. The van der Waals surface area contributed by atoms with E-state index in [0.29, 0.717) is 24.4 Å². The first-order chi connectivity index (χ1) is 7.58. The van der Waals surface area contributed by atoms with Crippen molar-refractivity contribution >= 4 is 5.78 Å². The van der Waals surface area contributed by atoms with Crippen molar-refractivity contribution in [2.45, 2.75) is 26.7 Å². The van der Waals surface area contributed by atoms with Gasteiger partial charge in [-0.1, -0.05) is 13.8 Å². The summed E-state index contributed by atoms with van der Waals surface area (Å²) in [6.07, 6.45) is 1.15. The number of rotatable bonds is 0. The van der Waals surface area contributed by atoms with E-state index in [0.717, 1.165) is 0 Å². The van der Waals surface area contributed by atoms with Crippen molar-refractivity contribution in [2.75, 3.05) is 20.4 Å². The number of hydrogen-bond donors (Lipinski definition) is 0. The van der Waals surface area contributed by atoms with Crippen molar-refractivity contribution in [3.63, 3.8) is 0 Å². The van der Waals surface area contributed by atoms with E-state index in [1.807, 2.05) is 13.8 Å². The maximum atomic E-state index is 11.9. The minimum atomic E-state index is -0.0891. The van der Waals surface area contributed by atoms with Gasteiger partial charge in [0.05, 0.1) is 0 Å². The molecule has 0 N–H and O–H groups in total. The van der Waals surface area contributed by atoms with Crippen molar-refractivity contribution in [3.05, 3.63) is 11.5 Å². The molecule has 0 spiro atoms. The Labute approximate surface area is 94.3 Å². The van der Waals surface area contributed by atoms with Gasteiger partial charge in [0.15, 0.2) is 20.4 Å². The van der Waals surface area contributed by atoms with Crippen LogP contribution in [0.2, 0.25) is 0 Å². The molecule has 1 aliphatic heterocycles. The molecule has 0 aromatic heterocycles. The van der Waals surface area contributed by atoms with Crippen LogP contribution in [0.15, 0.2) is 11.5 Å². The summed E-state index contributed by atoms with van der Waals surface area (Å²) in [5, 5.41) is 0. The SMILES string of the molecule is CC1(C)CC(=O)C2=C(C1)OCOCOCO2. The summed E-state index contributed by atoms with van der Waals surface area (Å²) in [6.45, 7) is 4.28. The van der Waals surface area contributed by atoms with E-state index in [1.54, 1.807) is 0 Å². The summed E-state index contributed by atoms with van der Waals surface area (Å²) in [5.74, 6) is 0.841. The number of carbonyl (C=O) groups is 1. The average molecular weight is 228 g/mol. The lowest BCUT2D eigenvalue weighted by Gasteiger charge is -2.30. The van der Waals surface area contributed by atoms with E-state index in [9.17, 15) is 4.79 Å². The van der Waals surface area contributed by atoms with Crippen LogP contribution in [0, 0.1) is 5.41 Å². The standard InChI is InChI=1S/C11H16O5/c1-11(2)3-8(12)10-9(4-11)15-6-13-5-14-7-16-10/h3-7H2,1-2H3. The zero-order valence-electron chi connectivity index (χ0n) is 9.58. The first kappa shape index (κ1) is 11.4. The van der Waals surface area contributed by atoms with Crippen LogP contribution >= 0.6 is 0 Å². The van der Waals surface area contributed by atoms with Crippen LogP contribution < -0.4 is 0 Å². The fourth-order valence-corrected chi connectivity index (χ4v) is 1.87. The van der Waals surface area contributed by atoms with Gasteiger partial charge in [0.25, 0.3) is 0 Å². The van der Waals surface area contributed by atoms with Crippen LogP contribution in [0.5, 0.6) is 0 Å². The lowest BCUT2D eigenvalue weighted by Crippen LogP contribution is -2.28. The van der Waals surface area contributed by atoms with Crippen molar-refractivity contribution in [1.82, 2.24) is 0 Å². The number of ether oxygens (including phenoxy) is 4. The lowest BCUT2D eigenvalue weighted by atomic mass is 9.79. The molecule has 0 aromatic rings. The van der Waals surface area contributed by atoms with Crippen LogP contribution in [0.4, 0.5) is 0 Å². The van der Waals surface area contributed by atoms with Crippen LogP contribution in [-0.2, 0) is 23.7 Å². The fraction of sp³-hybridized carbons (Fsp3) is 0.727. The van der Waals surface area contributed by atoms with Gasteiger partial charge < -0.3 is 18.9 Å². The Balaban J connectivity index is 2.21. The van der Waals surface area contributed by atoms with E-state index in [1.165, 1.54) is 0 Å². The molecule has 0 bridgehead atoms. The zero-order valence-corrected chi connectivity index (χ0v) is 9.58. The maximum absolute atomic E-state index is 11.9. The normalized spacial score (nSPS) is 25.8. The average Bonchev–Trinajstić information content (AvgIpc) is 2.27. The number of Topliss-reactive ketones (excluding diaryl/α,β-unsaturated/α-hetero) is 1. The van der Waals surface area contributed by atoms with Crippen molar-refractivity contribution in [2.24, 2.45) is 5.41 Å². The molecule has 0 unspecified atom stereocenters. The molecule has 5 nitrogen and oxygen atoms in total. The van der Waals surface area contributed by atoms with E-state index < -0.39 is 0 Å². The topological polar surface area (TPSA) is 54.0 Å². The molecule has 90 valence electrons. The van der Waals surface area contributed by atoms with E-state index in [2.05, 4.69) is 0 Å². The molecule has 16 heavy (non-hydrogen) atoms. The number of carbonyl (C=O) groups excluding carboxylic acids is 1. The van der Waals surface area contributed by atoms with E-state index in [-0.39, 0.29) is 31.6 Å². The first-order valence-electron chi connectivity index (χ1n) is 5.26. The summed E-state index contributed by atoms with van der Waals surface area (Å²) in [6, 6.07) is 0. The summed E-state index contributed by atoms with van der Waals surface area (Å²) >= 11 is 0. The molecule has 2 aliphatic rings. The smallest absolute Gasteiger partial charge is 0.203 e.